The zero-order valence-electron chi connectivity index (χ0n) is 8.75. The Bertz CT molecular complexity index is 576. The van der Waals surface area contributed by atoms with E-state index >= 15 is 0 Å². The van der Waals surface area contributed by atoms with Crippen LogP contribution < -0.4 is 0 Å². The molecule has 0 saturated carbocycles. The lowest BCUT2D eigenvalue weighted by atomic mass is 10.1. The number of hydrogen-bond donors (Lipinski definition) is 0. The van der Waals surface area contributed by atoms with Gasteiger partial charge in [0.05, 0.1) is 11.2 Å². The standard InChI is InChI=1S/C11H7Br2ClN2O/c1-16-10(9(14)5-15-16)11(17)7-4-6(12)2-3-8(7)13/h2-5H,1H3. The van der Waals surface area contributed by atoms with Crippen molar-refractivity contribution in [2.24, 2.45) is 7.05 Å². The minimum atomic E-state index is -0.164. The first-order valence-corrected chi connectivity index (χ1v) is 6.64. The lowest BCUT2D eigenvalue weighted by molar-refractivity contribution is 0.102. The zero-order chi connectivity index (χ0) is 12.6. The summed E-state index contributed by atoms with van der Waals surface area (Å²) in [7, 11) is 1.69. The van der Waals surface area contributed by atoms with Crippen LogP contribution in [0.1, 0.15) is 16.1 Å². The van der Waals surface area contributed by atoms with Crippen molar-refractivity contribution >= 4 is 49.2 Å². The number of carbonyl (C=O) groups is 1. The zero-order valence-corrected chi connectivity index (χ0v) is 12.7. The van der Waals surface area contributed by atoms with E-state index in [0.717, 1.165) is 8.95 Å². The monoisotopic (exact) mass is 376 g/mol. The number of hydrogen-bond acceptors (Lipinski definition) is 2. The molecular formula is C11H7Br2ClN2O. The van der Waals surface area contributed by atoms with Gasteiger partial charge in [-0.25, -0.2) is 0 Å². The fraction of sp³-hybridized carbons (Fsp3) is 0.0909. The predicted octanol–water partition coefficient (Wildman–Crippen LogP) is 3.83. The molecule has 6 heteroatoms. The number of benzene rings is 1. The first-order valence-electron chi connectivity index (χ1n) is 4.68. The van der Waals surface area contributed by atoms with Crippen molar-refractivity contribution in [2.75, 3.05) is 0 Å². The molecule has 88 valence electrons. The molecule has 0 aliphatic rings. The first-order chi connectivity index (χ1) is 8.00. The maximum Gasteiger partial charge on any atom is 0.213 e. The van der Waals surface area contributed by atoms with Crippen LogP contribution in [0.3, 0.4) is 0 Å². The van der Waals surface area contributed by atoms with E-state index in [0.29, 0.717) is 16.3 Å². The largest absolute Gasteiger partial charge is 0.287 e. The number of nitrogens with zero attached hydrogens (tertiary/aromatic N) is 2. The molecule has 0 atom stereocenters. The molecule has 2 rings (SSSR count). The van der Waals surface area contributed by atoms with E-state index < -0.39 is 0 Å². The number of aromatic nitrogens is 2. The van der Waals surface area contributed by atoms with Gasteiger partial charge in [-0.15, -0.1) is 0 Å². The van der Waals surface area contributed by atoms with E-state index in [2.05, 4.69) is 37.0 Å². The second kappa shape index (κ2) is 4.92. The highest BCUT2D eigenvalue weighted by molar-refractivity contribution is 9.11. The third-order valence-corrected chi connectivity index (χ3v) is 3.74. The molecule has 0 amide bonds. The van der Waals surface area contributed by atoms with Gasteiger partial charge in [0.1, 0.15) is 5.69 Å². The normalized spacial score (nSPS) is 10.6. The van der Waals surface area contributed by atoms with Gasteiger partial charge in [0.2, 0.25) is 5.78 Å². The smallest absolute Gasteiger partial charge is 0.213 e. The summed E-state index contributed by atoms with van der Waals surface area (Å²) in [5, 5.41) is 4.30. The van der Waals surface area contributed by atoms with E-state index in [1.54, 1.807) is 13.1 Å². The minimum absolute atomic E-state index is 0.164. The van der Waals surface area contributed by atoms with Crippen LogP contribution in [0.25, 0.3) is 0 Å². The summed E-state index contributed by atoms with van der Waals surface area (Å²) < 4.78 is 3.03. The second-order valence-corrected chi connectivity index (χ2v) is 5.60. The van der Waals surface area contributed by atoms with Crippen molar-refractivity contribution in [1.82, 2.24) is 9.78 Å². The molecular weight excluding hydrogens is 371 g/mol. The average Bonchev–Trinajstić information content (AvgIpc) is 2.61. The van der Waals surface area contributed by atoms with Crippen LogP contribution in [0.2, 0.25) is 5.02 Å². The van der Waals surface area contributed by atoms with Gasteiger partial charge in [-0.05, 0) is 18.2 Å². The maximum atomic E-state index is 12.3. The van der Waals surface area contributed by atoms with Crippen molar-refractivity contribution in [1.29, 1.82) is 0 Å². The van der Waals surface area contributed by atoms with E-state index in [4.69, 9.17) is 11.6 Å². The topological polar surface area (TPSA) is 34.9 Å². The van der Waals surface area contributed by atoms with Gasteiger partial charge in [-0.2, -0.15) is 5.10 Å². The molecule has 0 N–H and O–H groups in total. The SMILES string of the molecule is Cn1ncc(Cl)c1C(=O)c1cc(Br)ccc1Br. The van der Waals surface area contributed by atoms with Crippen molar-refractivity contribution in [3.05, 3.63) is 49.6 Å². The van der Waals surface area contributed by atoms with Gasteiger partial charge in [0.15, 0.2) is 0 Å². The molecule has 0 bridgehead atoms. The average molecular weight is 378 g/mol. The molecule has 1 aromatic carbocycles. The van der Waals surface area contributed by atoms with Gasteiger partial charge >= 0.3 is 0 Å². The van der Waals surface area contributed by atoms with Crippen LogP contribution in [-0.2, 0) is 7.05 Å². The van der Waals surface area contributed by atoms with Gasteiger partial charge < -0.3 is 0 Å². The summed E-state index contributed by atoms with van der Waals surface area (Å²) in [5.74, 6) is -0.164. The fourth-order valence-corrected chi connectivity index (χ4v) is 2.50. The number of aryl methyl sites for hydroxylation is 1. The highest BCUT2D eigenvalue weighted by atomic mass is 79.9. The summed E-state index contributed by atoms with van der Waals surface area (Å²) in [6.45, 7) is 0. The molecule has 1 heterocycles. The molecule has 0 saturated heterocycles. The Morgan fingerprint density at radius 1 is 1.41 bits per heavy atom. The molecule has 0 fully saturated rings. The minimum Gasteiger partial charge on any atom is -0.287 e. The third-order valence-electron chi connectivity index (χ3n) is 2.28. The Balaban J connectivity index is 2.55. The van der Waals surface area contributed by atoms with Gasteiger partial charge in [-0.1, -0.05) is 43.5 Å². The lowest BCUT2D eigenvalue weighted by Gasteiger charge is -2.05. The van der Waals surface area contributed by atoms with E-state index in [-0.39, 0.29) is 5.78 Å². The Hall–Kier alpha value is -0.650. The van der Waals surface area contributed by atoms with Gasteiger partial charge in [0.25, 0.3) is 0 Å². The molecule has 0 radical (unpaired) electrons. The Morgan fingerprint density at radius 3 is 2.71 bits per heavy atom. The maximum absolute atomic E-state index is 12.3. The van der Waals surface area contributed by atoms with Crippen LogP contribution in [-0.4, -0.2) is 15.6 Å². The first kappa shape index (κ1) is 12.8. The summed E-state index contributed by atoms with van der Waals surface area (Å²) in [6.07, 6.45) is 1.46. The van der Waals surface area contributed by atoms with Crippen LogP contribution in [0.15, 0.2) is 33.3 Å². The van der Waals surface area contributed by atoms with E-state index in [1.807, 2.05) is 12.1 Å². The highest BCUT2D eigenvalue weighted by Gasteiger charge is 2.19. The van der Waals surface area contributed by atoms with Crippen LogP contribution in [0.5, 0.6) is 0 Å². The summed E-state index contributed by atoms with van der Waals surface area (Å²) in [4.78, 5) is 12.3. The van der Waals surface area contributed by atoms with E-state index in [9.17, 15) is 4.79 Å². The second-order valence-electron chi connectivity index (χ2n) is 3.42. The fourth-order valence-electron chi connectivity index (χ4n) is 1.47. The number of halogens is 3. The number of carbonyl (C=O) groups excluding carboxylic acids is 1. The van der Waals surface area contributed by atoms with Crippen molar-refractivity contribution in [3.63, 3.8) is 0 Å². The number of rotatable bonds is 2. The molecule has 0 aliphatic heterocycles. The quantitative estimate of drug-likeness (QED) is 0.745. The van der Waals surface area contributed by atoms with E-state index in [1.165, 1.54) is 10.9 Å². The van der Waals surface area contributed by atoms with Gasteiger partial charge in [-0.3, -0.25) is 9.48 Å². The van der Waals surface area contributed by atoms with Gasteiger partial charge in [0, 0.05) is 21.6 Å². The summed E-state index contributed by atoms with van der Waals surface area (Å²) in [5.41, 5.74) is 0.926. The van der Waals surface area contributed by atoms with Crippen molar-refractivity contribution in [2.45, 2.75) is 0 Å². The molecule has 1 aromatic heterocycles. The van der Waals surface area contributed by atoms with Crippen molar-refractivity contribution < 1.29 is 4.79 Å². The van der Waals surface area contributed by atoms with Crippen LogP contribution >= 0.6 is 43.5 Å². The van der Waals surface area contributed by atoms with Crippen molar-refractivity contribution in [3.8, 4) is 0 Å². The van der Waals surface area contributed by atoms with Crippen LogP contribution in [0, 0.1) is 0 Å². The summed E-state index contributed by atoms with van der Waals surface area (Å²) >= 11 is 12.6. The molecule has 2 aromatic rings. The predicted molar refractivity (Wildman–Crippen MR) is 73.5 cm³/mol. The Labute approximate surface area is 120 Å². The Kier molecular flexibility index (Phi) is 3.70. The highest BCUT2D eigenvalue weighted by Crippen LogP contribution is 2.26. The summed E-state index contributed by atoms with van der Waals surface area (Å²) in [6, 6.07) is 5.41. The molecule has 0 aliphatic carbocycles. The molecule has 0 spiro atoms. The number of ketones is 1. The Morgan fingerprint density at radius 2 is 2.12 bits per heavy atom. The third kappa shape index (κ3) is 2.46. The molecule has 3 nitrogen and oxygen atoms in total. The molecule has 17 heavy (non-hydrogen) atoms. The molecule has 0 unspecified atom stereocenters. The lowest BCUT2D eigenvalue weighted by Crippen LogP contribution is -2.09. The van der Waals surface area contributed by atoms with Crippen LogP contribution in [0.4, 0.5) is 0 Å².